The number of fused-ring (bicyclic) bond motifs is 1. The third-order valence-electron chi connectivity index (χ3n) is 9.40. The van der Waals surface area contributed by atoms with Gasteiger partial charge >= 0.3 is 12.2 Å². The van der Waals surface area contributed by atoms with Crippen LogP contribution in [0.2, 0.25) is 36.3 Å². The number of nitrogens with one attached hydrogen (secondary N) is 2. The molecule has 2 aromatic rings. The van der Waals surface area contributed by atoms with Crippen LogP contribution in [0.5, 0.6) is 0 Å². The largest absolute Gasteiger partial charge is 0.433 e. The van der Waals surface area contributed by atoms with Crippen LogP contribution in [-0.2, 0) is 40.0 Å². The summed E-state index contributed by atoms with van der Waals surface area (Å²) in [6, 6.07) is 0.551. The van der Waals surface area contributed by atoms with Crippen molar-refractivity contribution >= 4 is 38.2 Å². The standard InChI is InChI=1S/C30H51F3N6O3SSi2/c1-19(2)39-21(18-42-45(12,13)29(7,8)9)17-24(36-39)43(41,38-44(10,11)28(4,5)6)37-27(40)35-25-20(3)26(30(31,32)33)34-23-16-14-15-22(23)25/h17,19H,14-16,18H2,1-13H3,(H2,34,35,37,38,40,41). The molecule has 0 saturated heterocycles. The van der Waals surface area contributed by atoms with E-state index in [1.54, 1.807) is 10.7 Å². The van der Waals surface area contributed by atoms with E-state index in [-0.39, 0.29) is 39.0 Å². The molecule has 2 aromatic heterocycles. The van der Waals surface area contributed by atoms with Gasteiger partial charge in [-0.05, 0) is 68.8 Å². The second kappa shape index (κ2) is 12.5. The number of halogens is 3. The Morgan fingerprint density at radius 1 is 1.09 bits per heavy atom. The van der Waals surface area contributed by atoms with Crippen LogP contribution in [0.1, 0.15) is 96.1 Å². The van der Waals surface area contributed by atoms with E-state index in [0.717, 1.165) is 0 Å². The number of carbonyl (C=O) groups excluding carboxylic acids is 1. The van der Waals surface area contributed by atoms with Crippen LogP contribution >= 0.6 is 0 Å². The summed E-state index contributed by atoms with van der Waals surface area (Å²) in [5, 5.41) is 7.04. The molecule has 0 bridgehead atoms. The number of rotatable bonds is 8. The van der Waals surface area contributed by atoms with Gasteiger partial charge in [0, 0.05) is 23.4 Å². The smallest absolute Gasteiger partial charge is 0.411 e. The maximum atomic E-state index is 14.9. The van der Waals surface area contributed by atoms with Crippen LogP contribution in [-0.4, -0.2) is 41.6 Å². The summed E-state index contributed by atoms with van der Waals surface area (Å²) in [6.07, 6.45) is -3.21. The number of amides is 2. The van der Waals surface area contributed by atoms with Gasteiger partial charge in [-0.1, -0.05) is 54.6 Å². The molecule has 0 spiro atoms. The van der Waals surface area contributed by atoms with Crippen molar-refractivity contribution in [3.05, 3.63) is 34.3 Å². The summed E-state index contributed by atoms with van der Waals surface area (Å²) in [6.45, 7) is 26.2. The molecule has 0 fully saturated rings. The van der Waals surface area contributed by atoms with E-state index in [4.69, 9.17) is 9.52 Å². The maximum Gasteiger partial charge on any atom is 0.433 e. The second-order valence-electron chi connectivity index (χ2n) is 15.3. The first-order chi connectivity index (χ1) is 20.2. The molecule has 1 aliphatic carbocycles. The lowest BCUT2D eigenvalue weighted by Crippen LogP contribution is -2.54. The second-order valence-corrected chi connectivity index (χ2v) is 27.4. The van der Waals surface area contributed by atoms with Gasteiger partial charge in [0.1, 0.15) is 13.9 Å². The van der Waals surface area contributed by atoms with Crippen molar-refractivity contribution in [1.29, 1.82) is 0 Å². The van der Waals surface area contributed by atoms with Gasteiger partial charge in [-0.2, -0.15) is 18.3 Å². The van der Waals surface area contributed by atoms with Crippen molar-refractivity contribution in [2.45, 2.75) is 142 Å². The fourth-order valence-electron chi connectivity index (χ4n) is 4.57. The van der Waals surface area contributed by atoms with E-state index in [1.165, 1.54) is 6.92 Å². The quantitative estimate of drug-likeness (QED) is 0.270. The van der Waals surface area contributed by atoms with Crippen molar-refractivity contribution in [2.75, 3.05) is 5.32 Å². The highest BCUT2D eigenvalue weighted by Crippen LogP contribution is 2.40. The minimum absolute atomic E-state index is 0.0272. The van der Waals surface area contributed by atoms with Crippen molar-refractivity contribution in [1.82, 2.24) is 19.2 Å². The lowest BCUT2D eigenvalue weighted by atomic mass is 10.1. The summed E-state index contributed by atoms with van der Waals surface area (Å²) >= 11 is 0. The Morgan fingerprint density at radius 3 is 2.20 bits per heavy atom. The van der Waals surface area contributed by atoms with Gasteiger partial charge < -0.3 is 9.74 Å². The molecular formula is C30H51F3N6O3SSi2. The Kier molecular flexibility index (Phi) is 10.4. The lowest BCUT2D eigenvalue weighted by molar-refractivity contribution is -0.141. The van der Waals surface area contributed by atoms with Crippen LogP contribution in [0, 0.1) is 6.92 Å². The minimum Gasteiger partial charge on any atom is -0.411 e. The molecule has 254 valence electrons. The van der Waals surface area contributed by atoms with E-state index in [1.807, 2.05) is 47.7 Å². The monoisotopic (exact) mass is 688 g/mol. The first-order valence-corrected chi connectivity index (χ1v) is 22.8. The molecule has 0 saturated carbocycles. The highest BCUT2D eigenvalue weighted by molar-refractivity contribution is 7.93. The number of carbonyl (C=O) groups is 1. The number of urea groups is 1. The molecule has 2 heterocycles. The molecule has 3 rings (SSSR count). The normalized spacial score (nSPS) is 16.1. The zero-order valence-electron chi connectivity index (χ0n) is 29.0. The Bertz CT molecular complexity index is 1560. The Balaban J connectivity index is 2.17. The van der Waals surface area contributed by atoms with Crippen LogP contribution in [0.25, 0.3) is 0 Å². The van der Waals surface area contributed by atoms with Gasteiger partial charge in [-0.25, -0.2) is 18.4 Å². The lowest BCUT2D eigenvalue weighted by Gasteiger charge is -2.37. The van der Waals surface area contributed by atoms with Crippen LogP contribution < -0.4 is 9.70 Å². The first-order valence-electron chi connectivity index (χ1n) is 15.4. The molecule has 1 atom stereocenters. The van der Waals surface area contributed by atoms with Gasteiger partial charge in [0.2, 0.25) is 0 Å². The molecule has 0 aromatic carbocycles. The number of aromatic nitrogens is 3. The third-order valence-corrected chi connectivity index (χ3v) is 22.0. The molecule has 1 aliphatic rings. The average molecular weight is 689 g/mol. The zero-order valence-corrected chi connectivity index (χ0v) is 31.9. The van der Waals surface area contributed by atoms with E-state index in [2.05, 4.69) is 52.9 Å². The van der Waals surface area contributed by atoms with Crippen molar-refractivity contribution in [3.8, 4) is 0 Å². The van der Waals surface area contributed by atoms with Crippen molar-refractivity contribution in [2.24, 2.45) is 4.36 Å². The number of pyridine rings is 1. The highest BCUT2D eigenvalue weighted by atomic mass is 32.2. The average Bonchev–Trinajstić information content (AvgIpc) is 3.49. The summed E-state index contributed by atoms with van der Waals surface area (Å²) in [5.74, 6) is 0. The summed E-state index contributed by atoms with van der Waals surface area (Å²) in [7, 11) is -8.42. The molecule has 9 nitrogen and oxygen atoms in total. The number of nitrogens with zero attached hydrogens (tertiary/aromatic N) is 4. The Morgan fingerprint density at radius 2 is 1.69 bits per heavy atom. The van der Waals surface area contributed by atoms with Gasteiger partial charge in [0.25, 0.3) is 0 Å². The van der Waals surface area contributed by atoms with E-state index in [0.29, 0.717) is 36.2 Å². The van der Waals surface area contributed by atoms with E-state index >= 15 is 0 Å². The number of hydrogen-bond donors (Lipinski definition) is 2. The fraction of sp³-hybridized carbons (Fsp3) is 0.700. The number of aryl methyl sites for hydroxylation is 1. The maximum absolute atomic E-state index is 14.9. The molecule has 15 heteroatoms. The summed E-state index contributed by atoms with van der Waals surface area (Å²) in [5.41, 5.74) is 0.365. The van der Waals surface area contributed by atoms with Crippen molar-refractivity contribution in [3.63, 3.8) is 0 Å². The number of alkyl halides is 3. The first kappa shape index (κ1) is 37.4. The molecule has 2 amide bonds. The fourth-order valence-corrected chi connectivity index (χ4v) is 11.0. The predicted octanol–water partition coefficient (Wildman–Crippen LogP) is 8.77. The van der Waals surface area contributed by atoms with Gasteiger partial charge in [0.15, 0.2) is 23.3 Å². The highest BCUT2D eigenvalue weighted by Gasteiger charge is 2.42. The molecule has 0 aliphatic heterocycles. The molecular weight excluding hydrogens is 638 g/mol. The van der Waals surface area contributed by atoms with Gasteiger partial charge in [-0.15, -0.1) is 4.36 Å². The molecule has 1 unspecified atom stereocenters. The SMILES string of the molecule is Cc1c(C(F)(F)F)nc2c(c1NC(=O)N=S(=O)(N[Si](C)(C)C(C)(C)C)c1cc(CO[Si](C)(C)C(C)(C)C)n(C(C)C)n1)CCC2. The molecule has 0 radical (unpaired) electrons. The summed E-state index contributed by atoms with van der Waals surface area (Å²) in [4.78, 5) is 17.5. The van der Waals surface area contributed by atoms with E-state index < -0.39 is 44.4 Å². The van der Waals surface area contributed by atoms with Crippen LogP contribution in [0.15, 0.2) is 15.5 Å². The zero-order chi connectivity index (χ0) is 34.6. The Hall–Kier alpha value is -2.08. The molecule has 45 heavy (non-hydrogen) atoms. The molecule has 2 N–H and O–H groups in total. The van der Waals surface area contributed by atoms with Crippen molar-refractivity contribution < 1.29 is 26.6 Å². The van der Waals surface area contributed by atoms with Crippen LogP contribution in [0.3, 0.4) is 0 Å². The topological polar surface area (TPSA) is 111 Å². The van der Waals surface area contributed by atoms with Gasteiger partial charge in [-0.3, -0.25) is 4.68 Å². The predicted molar refractivity (Wildman–Crippen MR) is 179 cm³/mol. The number of anilines is 1. The van der Waals surface area contributed by atoms with Crippen LogP contribution in [0.4, 0.5) is 23.7 Å². The third kappa shape index (κ3) is 8.08. The van der Waals surface area contributed by atoms with Gasteiger partial charge in [0.05, 0.1) is 18.0 Å². The number of hydrogen-bond acceptors (Lipinski definition) is 5. The Labute approximate surface area is 269 Å². The summed E-state index contributed by atoms with van der Waals surface area (Å²) < 4.78 is 72.2. The van der Waals surface area contributed by atoms with E-state index in [9.17, 15) is 22.2 Å². The minimum atomic E-state index is -4.69.